The van der Waals surface area contributed by atoms with Gasteiger partial charge in [0.1, 0.15) is 31.8 Å². The standard InChI is InChI=1S/C31H54NO2/c1-4-5-6-7-8-9-10-11-12-13-14-15-16-17-18-22-25-32(26-29(2)33,27-30(3)34)28-31-23-20-19-21-24-31/h17-25,29-30,33-34H,4-16,26-28H2,1-3H3/q+1. The molecule has 194 valence electrons. The van der Waals surface area contributed by atoms with Crippen molar-refractivity contribution >= 4 is 0 Å². The summed E-state index contributed by atoms with van der Waals surface area (Å²) in [5.74, 6) is 0. The topological polar surface area (TPSA) is 40.5 Å². The maximum atomic E-state index is 10.2. The Morgan fingerprint density at radius 1 is 0.706 bits per heavy atom. The first-order chi connectivity index (χ1) is 16.5. The van der Waals surface area contributed by atoms with Gasteiger partial charge in [0.05, 0.1) is 6.20 Å². The van der Waals surface area contributed by atoms with Gasteiger partial charge in [-0.3, -0.25) is 4.48 Å². The highest BCUT2D eigenvalue weighted by molar-refractivity contribution is 5.14. The molecule has 34 heavy (non-hydrogen) atoms. The van der Waals surface area contributed by atoms with Gasteiger partial charge in [-0.1, -0.05) is 120 Å². The van der Waals surface area contributed by atoms with E-state index < -0.39 is 12.2 Å². The largest absolute Gasteiger partial charge is 0.388 e. The highest BCUT2D eigenvalue weighted by Crippen LogP contribution is 2.19. The van der Waals surface area contributed by atoms with Gasteiger partial charge in [-0.05, 0) is 32.8 Å². The van der Waals surface area contributed by atoms with Crippen molar-refractivity contribution in [2.24, 2.45) is 0 Å². The van der Waals surface area contributed by atoms with E-state index >= 15 is 0 Å². The number of aliphatic hydroxyl groups excluding tert-OH is 2. The fraction of sp³-hybridized carbons (Fsp3) is 0.677. The number of hydrogen-bond donors (Lipinski definition) is 2. The lowest BCUT2D eigenvalue weighted by Gasteiger charge is -2.37. The number of allylic oxidation sites excluding steroid dienone is 3. The Morgan fingerprint density at radius 3 is 1.71 bits per heavy atom. The minimum atomic E-state index is -0.433. The van der Waals surface area contributed by atoms with Gasteiger partial charge in [0.15, 0.2) is 0 Å². The van der Waals surface area contributed by atoms with Crippen LogP contribution in [0.2, 0.25) is 0 Å². The van der Waals surface area contributed by atoms with Gasteiger partial charge in [-0.2, -0.15) is 0 Å². The minimum absolute atomic E-state index is 0.433. The van der Waals surface area contributed by atoms with Crippen molar-refractivity contribution < 1.29 is 14.7 Å². The Balaban J connectivity index is 2.34. The van der Waals surface area contributed by atoms with Crippen LogP contribution in [-0.2, 0) is 6.54 Å². The number of quaternary nitrogens is 1. The molecule has 0 fully saturated rings. The molecule has 1 rings (SSSR count). The average molecular weight is 473 g/mol. The molecule has 0 amide bonds. The lowest BCUT2D eigenvalue weighted by atomic mass is 10.0. The molecular weight excluding hydrogens is 418 g/mol. The molecule has 0 radical (unpaired) electrons. The smallest absolute Gasteiger partial charge is 0.109 e. The van der Waals surface area contributed by atoms with E-state index in [-0.39, 0.29) is 0 Å². The molecule has 0 aliphatic carbocycles. The summed E-state index contributed by atoms with van der Waals surface area (Å²) in [5.41, 5.74) is 1.22. The van der Waals surface area contributed by atoms with Crippen LogP contribution in [0.15, 0.2) is 54.8 Å². The summed E-state index contributed by atoms with van der Waals surface area (Å²) in [6.45, 7) is 7.88. The van der Waals surface area contributed by atoms with Crippen molar-refractivity contribution in [2.45, 2.75) is 123 Å². The van der Waals surface area contributed by atoms with Gasteiger partial charge < -0.3 is 10.2 Å². The van der Waals surface area contributed by atoms with E-state index in [0.717, 1.165) is 13.0 Å². The zero-order valence-electron chi connectivity index (χ0n) is 22.5. The van der Waals surface area contributed by atoms with Crippen LogP contribution in [0.4, 0.5) is 0 Å². The van der Waals surface area contributed by atoms with Gasteiger partial charge in [-0.15, -0.1) is 0 Å². The summed E-state index contributed by atoms with van der Waals surface area (Å²) in [7, 11) is 0. The zero-order valence-corrected chi connectivity index (χ0v) is 22.5. The second-order valence-corrected chi connectivity index (χ2v) is 10.4. The third kappa shape index (κ3) is 16.2. The van der Waals surface area contributed by atoms with E-state index in [1.54, 1.807) is 0 Å². The molecule has 2 atom stereocenters. The SMILES string of the molecule is CCCCCCCCCCCCCCC=CC=C[N+](Cc1ccccc1)(CC(C)O)CC(C)O. The van der Waals surface area contributed by atoms with E-state index in [0.29, 0.717) is 17.6 Å². The van der Waals surface area contributed by atoms with Crippen LogP contribution in [0.1, 0.15) is 110 Å². The van der Waals surface area contributed by atoms with Crippen LogP contribution < -0.4 is 0 Å². The van der Waals surface area contributed by atoms with Crippen molar-refractivity contribution in [1.29, 1.82) is 0 Å². The van der Waals surface area contributed by atoms with Crippen molar-refractivity contribution in [3.05, 3.63) is 60.3 Å². The fourth-order valence-corrected chi connectivity index (χ4v) is 4.89. The molecular formula is C31H54NO2+. The third-order valence-electron chi connectivity index (χ3n) is 6.47. The van der Waals surface area contributed by atoms with Crippen molar-refractivity contribution in [3.63, 3.8) is 0 Å². The molecule has 3 nitrogen and oxygen atoms in total. The average Bonchev–Trinajstić information content (AvgIpc) is 2.78. The Labute approximate surface area is 211 Å². The summed E-state index contributed by atoms with van der Waals surface area (Å²) in [6, 6.07) is 10.4. The fourth-order valence-electron chi connectivity index (χ4n) is 4.89. The monoisotopic (exact) mass is 472 g/mol. The quantitative estimate of drug-likeness (QED) is 0.108. The molecule has 0 aliphatic heterocycles. The van der Waals surface area contributed by atoms with E-state index in [2.05, 4.69) is 43.5 Å². The number of rotatable bonds is 21. The van der Waals surface area contributed by atoms with E-state index in [1.807, 2.05) is 32.0 Å². The second-order valence-electron chi connectivity index (χ2n) is 10.4. The van der Waals surface area contributed by atoms with Crippen molar-refractivity contribution in [3.8, 4) is 0 Å². The number of nitrogens with zero attached hydrogens (tertiary/aromatic N) is 1. The van der Waals surface area contributed by atoms with Gasteiger partial charge in [-0.25, -0.2) is 0 Å². The second kappa shape index (κ2) is 19.8. The minimum Gasteiger partial charge on any atom is -0.388 e. The molecule has 0 saturated carbocycles. The molecule has 1 aromatic carbocycles. The van der Waals surface area contributed by atoms with Crippen LogP contribution in [-0.4, -0.2) is 40.0 Å². The highest BCUT2D eigenvalue weighted by Gasteiger charge is 2.29. The molecule has 0 aromatic heterocycles. The normalized spacial score (nSPS) is 15.7. The lowest BCUT2D eigenvalue weighted by molar-refractivity contribution is -0.898. The summed E-state index contributed by atoms with van der Waals surface area (Å²) < 4.78 is 0.544. The molecule has 0 spiro atoms. The first kappa shape index (κ1) is 30.6. The van der Waals surface area contributed by atoms with Crippen LogP contribution >= 0.6 is 0 Å². The first-order valence-corrected chi connectivity index (χ1v) is 14.1. The number of unbranched alkanes of at least 4 members (excludes halogenated alkanes) is 12. The number of aliphatic hydroxyl groups is 2. The molecule has 3 heteroatoms. The Morgan fingerprint density at radius 2 is 1.21 bits per heavy atom. The number of benzene rings is 1. The maximum absolute atomic E-state index is 10.2. The number of hydrogen-bond acceptors (Lipinski definition) is 2. The van der Waals surface area contributed by atoms with Crippen LogP contribution in [0, 0.1) is 0 Å². The predicted octanol–water partition coefficient (Wildman–Crippen LogP) is 7.93. The maximum Gasteiger partial charge on any atom is 0.109 e. The van der Waals surface area contributed by atoms with E-state index in [1.165, 1.54) is 82.6 Å². The summed E-state index contributed by atoms with van der Waals surface area (Å²) in [6.07, 6.45) is 25.5. The van der Waals surface area contributed by atoms with Crippen LogP contribution in [0.5, 0.6) is 0 Å². The Kier molecular flexibility index (Phi) is 17.9. The Bertz CT molecular complexity index is 626. The molecule has 0 heterocycles. The molecule has 2 unspecified atom stereocenters. The first-order valence-electron chi connectivity index (χ1n) is 14.1. The predicted molar refractivity (Wildman–Crippen MR) is 147 cm³/mol. The van der Waals surface area contributed by atoms with Crippen LogP contribution in [0.25, 0.3) is 0 Å². The molecule has 0 saturated heterocycles. The zero-order chi connectivity index (χ0) is 24.9. The van der Waals surface area contributed by atoms with Gasteiger partial charge in [0, 0.05) is 5.56 Å². The highest BCUT2D eigenvalue weighted by atomic mass is 16.3. The van der Waals surface area contributed by atoms with Crippen molar-refractivity contribution in [1.82, 2.24) is 0 Å². The van der Waals surface area contributed by atoms with Crippen LogP contribution in [0.3, 0.4) is 0 Å². The van der Waals surface area contributed by atoms with Gasteiger partial charge >= 0.3 is 0 Å². The summed E-state index contributed by atoms with van der Waals surface area (Å²) in [5, 5.41) is 20.3. The Hall–Kier alpha value is -1.42. The molecule has 0 aliphatic rings. The lowest BCUT2D eigenvalue weighted by Crippen LogP contribution is -2.50. The van der Waals surface area contributed by atoms with Gasteiger partial charge in [0.2, 0.25) is 0 Å². The van der Waals surface area contributed by atoms with Gasteiger partial charge in [0.25, 0.3) is 0 Å². The van der Waals surface area contributed by atoms with E-state index in [4.69, 9.17) is 0 Å². The van der Waals surface area contributed by atoms with Crippen molar-refractivity contribution in [2.75, 3.05) is 13.1 Å². The summed E-state index contributed by atoms with van der Waals surface area (Å²) >= 11 is 0. The molecule has 0 bridgehead atoms. The molecule has 2 N–H and O–H groups in total. The van der Waals surface area contributed by atoms with E-state index in [9.17, 15) is 10.2 Å². The summed E-state index contributed by atoms with van der Waals surface area (Å²) in [4.78, 5) is 0. The third-order valence-corrected chi connectivity index (χ3v) is 6.47. The molecule has 1 aromatic rings.